The summed E-state index contributed by atoms with van der Waals surface area (Å²) in [6, 6.07) is 9.47. The number of alkyl halides is 3. The molecule has 3 rings (SSSR count). The molecule has 1 amide bonds. The van der Waals surface area contributed by atoms with E-state index >= 15 is 0 Å². The van der Waals surface area contributed by atoms with Crippen molar-refractivity contribution in [2.24, 2.45) is 0 Å². The third-order valence-corrected chi connectivity index (χ3v) is 4.87. The molecular weight excluding hydrogens is 389 g/mol. The molecule has 2 aromatic rings. The molecule has 2 aromatic carbocycles. The van der Waals surface area contributed by atoms with E-state index in [-0.39, 0.29) is 6.61 Å². The van der Waals surface area contributed by atoms with Gasteiger partial charge in [0.05, 0.1) is 10.5 Å². The molecule has 1 heterocycles. The molecule has 1 aliphatic rings. The molecule has 27 heavy (non-hydrogen) atoms. The van der Waals surface area contributed by atoms with Gasteiger partial charge in [0.2, 0.25) is 6.10 Å². The maximum absolute atomic E-state index is 12.5. The second-order valence-corrected chi connectivity index (χ2v) is 7.16. The normalized spacial score (nSPS) is 16.6. The van der Waals surface area contributed by atoms with E-state index in [9.17, 15) is 26.4 Å². The first-order chi connectivity index (χ1) is 12.7. The lowest BCUT2D eigenvalue weighted by Gasteiger charge is -2.25. The third-order valence-electron chi connectivity index (χ3n) is 3.60. The highest BCUT2D eigenvalue weighted by molar-refractivity contribution is 7.89. The van der Waals surface area contributed by atoms with Crippen molar-refractivity contribution in [3.05, 3.63) is 54.1 Å². The van der Waals surface area contributed by atoms with Crippen LogP contribution in [0.2, 0.25) is 0 Å². The first-order valence-corrected chi connectivity index (χ1v) is 9.02. The highest BCUT2D eigenvalue weighted by atomic mass is 32.2. The quantitative estimate of drug-likeness (QED) is 0.762. The molecule has 2 N–H and O–H groups in total. The second-order valence-electron chi connectivity index (χ2n) is 5.48. The molecule has 0 saturated heterocycles. The Balaban J connectivity index is 1.63. The van der Waals surface area contributed by atoms with Crippen LogP contribution in [-0.2, 0) is 21.0 Å². The van der Waals surface area contributed by atoms with Crippen LogP contribution in [0.4, 0.5) is 13.2 Å². The smallest absolute Gasteiger partial charge is 0.416 e. The van der Waals surface area contributed by atoms with Gasteiger partial charge >= 0.3 is 6.18 Å². The van der Waals surface area contributed by atoms with Gasteiger partial charge in [0.1, 0.15) is 6.61 Å². The molecule has 0 aliphatic carbocycles. The number of benzene rings is 2. The van der Waals surface area contributed by atoms with Crippen molar-refractivity contribution in [2.75, 3.05) is 6.61 Å². The van der Waals surface area contributed by atoms with Gasteiger partial charge in [-0.2, -0.15) is 13.2 Å². The van der Waals surface area contributed by atoms with Gasteiger partial charge in [-0.25, -0.2) is 8.42 Å². The second kappa shape index (κ2) is 7.08. The molecule has 1 aliphatic heterocycles. The summed E-state index contributed by atoms with van der Waals surface area (Å²) in [6.07, 6.45) is -5.69. The lowest BCUT2D eigenvalue weighted by atomic mass is 10.2. The van der Waals surface area contributed by atoms with Gasteiger partial charge in [0.15, 0.2) is 11.5 Å². The SMILES string of the molecule is O=C(NNS(=O)(=O)c1ccc(C(F)(F)F)cc1)[C@H]1COc2ccccc2O1. The van der Waals surface area contributed by atoms with Gasteiger partial charge in [-0.1, -0.05) is 12.1 Å². The molecule has 0 spiro atoms. The van der Waals surface area contributed by atoms with E-state index in [2.05, 4.69) is 0 Å². The summed E-state index contributed by atoms with van der Waals surface area (Å²) in [5.41, 5.74) is 0.974. The number of rotatable bonds is 4. The van der Waals surface area contributed by atoms with E-state index in [1.807, 2.05) is 10.3 Å². The number of amides is 1. The monoisotopic (exact) mass is 402 g/mol. The summed E-state index contributed by atoms with van der Waals surface area (Å²) in [6.45, 7) is -0.134. The zero-order valence-corrected chi connectivity index (χ0v) is 14.3. The minimum Gasteiger partial charge on any atom is -0.485 e. The maximum atomic E-state index is 12.5. The minimum absolute atomic E-state index is 0.134. The number of hydrazine groups is 1. The average molecular weight is 402 g/mol. The van der Waals surface area contributed by atoms with Crippen molar-refractivity contribution in [1.82, 2.24) is 10.3 Å². The standard InChI is InChI=1S/C16H13F3N2O5S/c17-16(18,19)10-5-7-11(8-6-10)27(23,24)21-20-15(22)14-9-25-12-3-1-2-4-13(12)26-14/h1-8,14,21H,9H2,(H,20,22)/t14-/m1/s1. The lowest BCUT2D eigenvalue weighted by Crippen LogP contribution is -2.50. The van der Waals surface area contributed by atoms with Crippen molar-refractivity contribution in [3.63, 3.8) is 0 Å². The Kier molecular flexibility index (Phi) is 4.98. The van der Waals surface area contributed by atoms with Crippen LogP contribution in [0.3, 0.4) is 0 Å². The van der Waals surface area contributed by atoms with E-state index in [1.54, 1.807) is 24.3 Å². The Bertz CT molecular complexity index is 945. The summed E-state index contributed by atoms with van der Waals surface area (Å²) in [5.74, 6) is -0.0404. The molecule has 0 aromatic heterocycles. The van der Waals surface area contributed by atoms with Crippen LogP contribution in [0.15, 0.2) is 53.4 Å². The zero-order chi connectivity index (χ0) is 19.7. The molecule has 11 heteroatoms. The number of nitrogens with one attached hydrogen (secondary N) is 2. The van der Waals surface area contributed by atoms with Crippen LogP contribution >= 0.6 is 0 Å². The summed E-state index contributed by atoms with van der Waals surface area (Å²) >= 11 is 0. The van der Waals surface area contributed by atoms with Crippen molar-refractivity contribution < 1.29 is 35.9 Å². The summed E-state index contributed by atoms with van der Waals surface area (Å²) in [5, 5.41) is 0. The van der Waals surface area contributed by atoms with Gasteiger partial charge in [-0.05, 0) is 36.4 Å². The molecule has 0 fully saturated rings. The number of ether oxygens (including phenoxy) is 2. The van der Waals surface area contributed by atoms with Gasteiger partial charge in [-0.15, -0.1) is 4.83 Å². The topological polar surface area (TPSA) is 93.7 Å². The molecule has 0 unspecified atom stereocenters. The highest BCUT2D eigenvalue weighted by Gasteiger charge is 2.31. The number of sulfonamides is 1. The molecule has 7 nitrogen and oxygen atoms in total. The van der Waals surface area contributed by atoms with Gasteiger partial charge in [-0.3, -0.25) is 10.2 Å². The Hall–Kier alpha value is -2.79. The first-order valence-electron chi connectivity index (χ1n) is 7.54. The molecule has 144 valence electrons. The van der Waals surface area contributed by atoms with E-state index in [0.29, 0.717) is 23.6 Å². The van der Waals surface area contributed by atoms with Crippen LogP contribution in [0.25, 0.3) is 0 Å². The van der Waals surface area contributed by atoms with Crippen LogP contribution in [-0.4, -0.2) is 27.0 Å². The van der Waals surface area contributed by atoms with Gasteiger partial charge < -0.3 is 9.47 Å². The van der Waals surface area contributed by atoms with Crippen molar-refractivity contribution in [1.29, 1.82) is 0 Å². The minimum atomic E-state index is -4.58. The van der Waals surface area contributed by atoms with E-state index in [0.717, 1.165) is 12.1 Å². The van der Waals surface area contributed by atoms with E-state index < -0.39 is 38.7 Å². The fraction of sp³-hybridized carbons (Fsp3) is 0.188. The number of hydrogen-bond donors (Lipinski definition) is 2. The fourth-order valence-electron chi connectivity index (χ4n) is 2.23. The number of hydrogen-bond acceptors (Lipinski definition) is 5. The fourth-order valence-corrected chi connectivity index (χ4v) is 3.08. The molecule has 1 atom stereocenters. The van der Waals surface area contributed by atoms with Gasteiger partial charge in [0.25, 0.3) is 15.9 Å². The zero-order valence-electron chi connectivity index (χ0n) is 13.5. The maximum Gasteiger partial charge on any atom is 0.416 e. The number of para-hydroxylation sites is 2. The van der Waals surface area contributed by atoms with E-state index in [4.69, 9.17) is 9.47 Å². The summed E-state index contributed by atoms with van der Waals surface area (Å²) < 4.78 is 72.6. The van der Waals surface area contributed by atoms with Crippen molar-refractivity contribution >= 4 is 15.9 Å². The Labute approximate surface area is 152 Å². The number of carbonyl (C=O) groups is 1. The Morgan fingerprint density at radius 3 is 2.30 bits per heavy atom. The number of fused-ring (bicyclic) bond motifs is 1. The first kappa shape index (κ1) is 19.0. The van der Waals surface area contributed by atoms with Crippen molar-refractivity contribution in [2.45, 2.75) is 17.2 Å². The summed E-state index contributed by atoms with van der Waals surface area (Å²) in [7, 11) is -4.26. The van der Waals surface area contributed by atoms with Gasteiger partial charge in [0, 0.05) is 0 Å². The van der Waals surface area contributed by atoms with Crippen molar-refractivity contribution in [3.8, 4) is 11.5 Å². The lowest BCUT2D eigenvalue weighted by molar-refractivity contribution is -0.137. The molecule has 0 saturated carbocycles. The number of halogens is 3. The molecular formula is C16H13F3N2O5S. The average Bonchev–Trinajstić information content (AvgIpc) is 2.65. The largest absolute Gasteiger partial charge is 0.485 e. The highest BCUT2D eigenvalue weighted by Crippen LogP contribution is 2.31. The Morgan fingerprint density at radius 2 is 1.67 bits per heavy atom. The predicted octanol–water partition coefficient (Wildman–Crippen LogP) is 1.85. The predicted molar refractivity (Wildman–Crippen MR) is 86.3 cm³/mol. The molecule has 0 radical (unpaired) electrons. The van der Waals surface area contributed by atoms with Crippen LogP contribution in [0.5, 0.6) is 11.5 Å². The van der Waals surface area contributed by atoms with Crippen LogP contribution in [0, 0.1) is 0 Å². The van der Waals surface area contributed by atoms with E-state index in [1.165, 1.54) is 0 Å². The molecule has 0 bridgehead atoms. The van der Waals surface area contributed by atoms with Crippen LogP contribution < -0.4 is 19.7 Å². The van der Waals surface area contributed by atoms with Crippen LogP contribution in [0.1, 0.15) is 5.56 Å². The summed E-state index contributed by atoms with van der Waals surface area (Å²) in [4.78, 5) is 13.4. The Morgan fingerprint density at radius 1 is 1.04 bits per heavy atom. The number of carbonyl (C=O) groups excluding carboxylic acids is 1. The third kappa shape index (κ3) is 4.31.